The Labute approximate surface area is 98.8 Å². The van der Waals surface area contributed by atoms with Crippen molar-refractivity contribution < 1.29 is 4.79 Å². The first-order valence-electron chi connectivity index (χ1n) is 5.36. The Hall–Kier alpha value is -2.24. The topological polar surface area (TPSA) is 88.7 Å². The van der Waals surface area contributed by atoms with Crippen LogP contribution in [0.15, 0.2) is 24.5 Å². The molecule has 0 radical (unpaired) electrons. The summed E-state index contributed by atoms with van der Waals surface area (Å²) in [5.74, 6) is 0.271. The number of nitrogens with one attached hydrogen (secondary N) is 2. The summed E-state index contributed by atoms with van der Waals surface area (Å²) in [6.07, 6.45) is 3.39. The van der Waals surface area contributed by atoms with Crippen LogP contribution >= 0.6 is 0 Å². The van der Waals surface area contributed by atoms with Crippen LogP contribution in [0.1, 0.15) is 30.4 Å². The Kier molecular flexibility index (Phi) is 2.86. The van der Waals surface area contributed by atoms with Gasteiger partial charge in [0.15, 0.2) is 5.82 Å². The molecule has 2 rings (SSSR count). The monoisotopic (exact) mass is 233 g/mol. The van der Waals surface area contributed by atoms with Crippen molar-refractivity contribution in [3.8, 4) is 0 Å². The first kappa shape index (κ1) is 11.3. The first-order valence-corrected chi connectivity index (χ1v) is 5.36. The second-order valence-electron chi connectivity index (χ2n) is 4.08. The van der Waals surface area contributed by atoms with Gasteiger partial charge in [-0.3, -0.25) is 9.48 Å². The molecular weight excluding hydrogens is 218 g/mol. The van der Waals surface area contributed by atoms with E-state index in [4.69, 9.17) is 5.73 Å². The maximum atomic E-state index is 11.8. The van der Waals surface area contributed by atoms with Gasteiger partial charge in [-0.15, -0.1) is 0 Å². The number of nitrogen functional groups attached to an aromatic ring is 1. The second kappa shape index (κ2) is 4.32. The number of hydrogen-bond acceptors (Lipinski definition) is 3. The summed E-state index contributed by atoms with van der Waals surface area (Å²) >= 11 is 0. The fourth-order valence-corrected chi connectivity index (χ4v) is 1.42. The number of rotatable bonds is 3. The molecule has 6 nitrogen and oxygen atoms in total. The molecule has 17 heavy (non-hydrogen) atoms. The van der Waals surface area contributed by atoms with Crippen molar-refractivity contribution in [3.05, 3.63) is 30.2 Å². The number of aromatic amines is 1. The largest absolute Gasteiger partial charge is 0.397 e. The minimum absolute atomic E-state index is 0.254. The Balaban J connectivity index is 2.07. The Morgan fingerprint density at radius 2 is 2.35 bits per heavy atom. The lowest BCUT2D eigenvalue weighted by molar-refractivity contribution is 0.102. The summed E-state index contributed by atoms with van der Waals surface area (Å²) in [4.78, 5) is 14.5. The van der Waals surface area contributed by atoms with Gasteiger partial charge >= 0.3 is 0 Å². The van der Waals surface area contributed by atoms with E-state index in [1.807, 2.05) is 20.0 Å². The summed E-state index contributed by atoms with van der Waals surface area (Å²) in [6, 6.07) is 3.60. The zero-order valence-corrected chi connectivity index (χ0v) is 9.77. The van der Waals surface area contributed by atoms with Crippen LogP contribution in [0.3, 0.4) is 0 Å². The molecule has 0 saturated heterocycles. The van der Waals surface area contributed by atoms with Crippen LogP contribution in [0.2, 0.25) is 0 Å². The maximum Gasteiger partial charge on any atom is 0.273 e. The molecule has 0 aliphatic rings. The third kappa shape index (κ3) is 2.47. The molecule has 0 fully saturated rings. The van der Waals surface area contributed by atoms with E-state index in [9.17, 15) is 4.79 Å². The lowest BCUT2D eigenvalue weighted by Crippen LogP contribution is -2.13. The highest BCUT2D eigenvalue weighted by molar-refractivity contribution is 6.02. The Morgan fingerprint density at radius 1 is 1.59 bits per heavy atom. The lowest BCUT2D eigenvalue weighted by atomic mass is 10.4. The molecule has 0 aromatic carbocycles. The first-order chi connectivity index (χ1) is 8.06. The Bertz CT molecular complexity index is 525. The van der Waals surface area contributed by atoms with Crippen molar-refractivity contribution in [2.75, 3.05) is 11.1 Å². The van der Waals surface area contributed by atoms with E-state index in [1.54, 1.807) is 23.0 Å². The van der Waals surface area contributed by atoms with Gasteiger partial charge in [0.25, 0.3) is 5.91 Å². The van der Waals surface area contributed by atoms with E-state index < -0.39 is 0 Å². The van der Waals surface area contributed by atoms with Crippen molar-refractivity contribution in [2.24, 2.45) is 0 Å². The number of nitrogens with two attached hydrogens (primary N) is 1. The van der Waals surface area contributed by atoms with E-state index >= 15 is 0 Å². The molecule has 0 unspecified atom stereocenters. The molecule has 2 aromatic heterocycles. The van der Waals surface area contributed by atoms with E-state index in [0.29, 0.717) is 17.2 Å². The highest BCUT2D eigenvalue weighted by Crippen LogP contribution is 2.10. The van der Waals surface area contributed by atoms with Crippen molar-refractivity contribution in [1.82, 2.24) is 14.8 Å². The van der Waals surface area contributed by atoms with E-state index in [2.05, 4.69) is 15.4 Å². The molecule has 6 heteroatoms. The van der Waals surface area contributed by atoms with Crippen molar-refractivity contribution in [2.45, 2.75) is 19.9 Å². The number of carbonyl (C=O) groups excluding carboxylic acids is 1. The van der Waals surface area contributed by atoms with Crippen LogP contribution < -0.4 is 11.1 Å². The molecule has 0 aliphatic heterocycles. The molecule has 0 saturated carbocycles. The second-order valence-corrected chi connectivity index (χ2v) is 4.08. The molecule has 0 atom stereocenters. The minimum Gasteiger partial charge on any atom is -0.397 e. The SMILES string of the molecule is CC(C)n1ccc(NC(=O)c2cc(N)c[nH]2)n1. The molecule has 4 N–H and O–H groups in total. The summed E-state index contributed by atoms with van der Waals surface area (Å²) in [5, 5.41) is 6.91. The van der Waals surface area contributed by atoms with Crippen molar-refractivity contribution >= 4 is 17.4 Å². The highest BCUT2D eigenvalue weighted by atomic mass is 16.2. The third-order valence-electron chi connectivity index (χ3n) is 2.33. The number of H-pyrrole nitrogens is 1. The van der Waals surface area contributed by atoms with Gasteiger partial charge in [0.2, 0.25) is 0 Å². The molecule has 2 heterocycles. The Morgan fingerprint density at radius 3 is 2.88 bits per heavy atom. The number of hydrogen-bond donors (Lipinski definition) is 3. The van der Waals surface area contributed by atoms with Gasteiger partial charge in [-0.05, 0) is 19.9 Å². The van der Waals surface area contributed by atoms with Crippen LogP contribution in [-0.4, -0.2) is 20.7 Å². The quantitative estimate of drug-likeness (QED) is 0.752. The van der Waals surface area contributed by atoms with E-state index in [-0.39, 0.29) is 11.9 Å². The summed E-state index contributed by atoms with van der Waals surface area (Å²) < 4.78 is 1.78. The van der Waals surface area contributed by atoms with Crippen LogP contribution in [0.25, 0.3) is 0 Å². The molecule has 0 bridgehead atoms. The number of nitrogens with zero attached hydrogens (tertiary/aromatic N) is 2. The van der Waals surface area contributed by atoms with Crippen molar-refractivity contribution in [3.63, 3.8) is 0 Å². The highest BCUT2D eigenvalue weighted by Gasteiger charge is 2.10. The molecule has 2 aromatic rings. The molecular formula is C11H15N5O. The zero-order valence-electron chi connectivity index (χ0n) is 9.77. The normalized spacial score (nSPS) is 10.8. The number of amides is 1. The molecule has 1 amide bonds. The fraction of sp³-hybridized carbons (Fsp3) is 0.273. The van der Waals surface area contributed by atoms with Crippen LogP contribution in [0.5, 0.6) is 0 Å². The van der Waals surface area contributed by atoms with Gasteiger partial charge in [0.05, 0.1) is 0 Å². The van der Waals surface area contributed by atoms with Crippen LogP contribution in [0.4, 0.5) is 11.5 Å². The van der Waals surface area contributed by atoms with E-state index in [0.717, 1.165) is 0 Å². The smallest absolute Gasteiger partial charge is 0.273 e. The predicted octanol–water partition coefficient (Wildman–Crippen LogP) is 1.63. The van der Waals surface area contributed by atoms with E-state index in [1.165, 1.54) is 0 Å². The van der Waals surface area contributed by atoms with Crippen LogP contribution in [-0.2, 0) is 0 Å². The average molecular weight is 233 g/mol. The fourth-order valence-electron chi connectivity index (χ4n) is 1.42. The molecule has 0 spiro atoms. The lowest BCUT2D eigenvalue weighted by Gasteiger charge is -2.04. The van der Waals surface area contributed by atoms with Gasteiger partial charge in [0, 0.05) is 30.2 Å². The summed E-state index contributed by atoms with van der Waals surface area (Å²) in [7, 11) is 0. The minimum atomic E-state index is -0.254. The molecule has 0 aliphatic carbocycles. The number of aromatic nitrogens is 3. The van der Waals surface area contributed by atoms with Crippen LogP contribution in [0, 0.1) is 0 Å². The standard InChI is InChI=1S/C11H15N5O/c1-7(2)16-4-3-10(15-16)14-11(17)9-5-8(12)6-13-9/h3-7,13H,12H2,1-2H3,(H,14,15,17). The van der Waals surface area contributed by atoms with Crippen molar-refractivity contribution in [1.29, 1.82) is 0 Å². The summed E-state index contributed by atoms with van der Waals surface area (Å²) in [6.45, 7) is 4.04. The van der Waals surface area contributed by atoms with Gasteiger partial charge < -0.3 is 16.0 Å². The molecule has 90 valence electrons. The van der Waals surface area contributed by atoms with Gasteiger partial charge in [0.1, 0.15) is 5.69 Å². The zero-order chi connectivity index (χ0) is 12.4. The maximum absolute atomic E-state index is 11.8. The number of anilines is 2. The summed E-state index contributed by atoms with van der Waals surface area (Å²) in [5.41, 5.74) is 6.47. The van der Waals surface area contributed by atoms with Gasteiger partial charge in [-0.1, -0.05) is 0 Å². The third-order valence-corrected chi connectivity index (χ3v) is 2.33. The average Bonchev–Trinajstić information content (AvgIpc) is 2.86. The number of carbonyl (C=O) groups is 1. The van der Waals surface area contributed by atoms with Gasteiger partial charge in [-0.25, -0.2) is 0 Å². The van der Waals surface area contributed by atoms with Gasteiger partial charge in [-0.2, -0.15) is 5.10 Å². The predicted molar refractivity (Wildman–Crippen MR) is 65.8 cm³/mol.